The van der Waals surface area contributed by atoms with Gasteiger partial charge in [0, 0.05) is 30.5 Å². The molecule has 1 aliphatic heterocycles. The Morgan fingerprint density at radius 3 is 2.83 bits per heavy atom. The second-order valence-electron chi connectivity index (χ2n) is 5.20. The zero-order valence-corrected chi connectivity index (χ0v) is 12.5. The number of carbonyl (C=O) groups is 1. The molecule has 7 heteroatoms. The molecule has 3 rings (SSSR count). The quantitative estimate of drug-likeness (QED) is 0.538. The molecule has 0 bridgehead atoms. The predicted molar refractivity (Wildman–Crippen MR) is 84.8 cm³/mol. The van der Waals surface area contributed by atoms with Crippen LogP contribution in [0, 0.1) is 12.7 Å². The van der Waals surface area contributed by atoms with Gasteiger partial charge in [0.05, 0.1) is 18.1 Å². The summed E-state index contributed by atoms with van der Waals surface area (Å²) < 4.78 is 13.6. The lowest BCUT2D eigenvalue weighted by Crippen LogP contribution is -2.32. The molecule has 0 unspecified atom stereocenters. The molecule has 0 atom stereocenters. The van der Waals surface area contributed by atoms with Crippen LogP contribution in [-0.4, -0.2) is 35.5 Å². The van der Waals surface area contributed by atoms with Crippen molar-refractivity contribution in [2.24, 2.45) is 5.16 Å². The number of carbonyl (C=O) groups excluding carboxylic acids is 1. The third-order valence-electron chi connectivity index (χ3n) is 3.80. The maximum absolute atomic E-state index is 13.6. The fourth-order valence-electron chi connectivity index (χ4n) is 2.60. The van der Waals surface area contributed by atoms with Crippen LogP contribution in [0.1, 0.15) is 11.1 Å². The summed E-state index contributed by atoms with van der Waals surface area (Å²) in [6, 6.07) is 5.91. The zero-order chi connectivity index (χ0) is 16.4. The number of hydrogen-bond donors (Lipinski definition) is 1. The lowest BCUT2D eigenvalue weighted by molar-refractivity contribution is 0.256. The van der Waals surface area contributed by atoms with Crippen molar-refractivity contribution in [2.75, 3.05) is 22.9 Å². The van der Waals surface area contributed by atoms with Crippen LogP contribution in [0.2, 0.25) is 0 Å². The number of halogens is 1. The van der Waals surface area contributed by atoms with Crippen molar-refractivity contribution in [1.82, 2.24) is 4.98 Å². The van der Waals surface area contributed by atoms with E-state index in [0.717, 1.165) is 17.5 Å². The molecule has 1 N–H and O–H groups in total. The van der Waals surface area contributed by atoms with Gasteiger partial charge in [0.15, 0.2) is 0 Å². The summed E-state index contributed by atoms with van der Waals surface area (Å²) in [5.41, 5.74) is 2.39. The number of nitrogens with zero attached hydrogens (tertiary/aromatic N) is 4. The maximum atomic E-state index is 13.6. The van der Waals surface area contributed by atoms with E-state index in [1.165, 1.54) is 18.2 Å². The Bertz CT molecular complexity index is 778. The molecule has 1 aromatic carbocycles. The molecule has 118 valence electrons. The van der Waals surface area contributed by atoms with Gasteiger partial charge in [-0.05, 0) is 36.8 Å². The fraction of sp³-hybridized carbons (Fsp3) is 0.188. The molecule has 0 radical (unpaired) electrons. The molecule has 0 aliphatic carbocycles. The Morgan fingerprint density at radius 1 is 1.30 bits per heavy atom. The molecule has 1 aliphatic rings. The monoisotopic (exact) mass is 314 g/mol. The summed E-state index contributed by atoms with van der Waals surface area (Å²) in [5.74, 6) is -0.516. The van der Waals surface area contributed by atoms with E-state index in [1.54, 1.807) is 22.2 Å². The van der Waals surface area contributed by atoms with Crippen molar-refractivity contribution in [2.45, 2.75) is 6.92 Å². The fourth-order valence-corrected chi connectivity index (χ4v) is 2.60. The van der Waals surface area contributed by atoms with E-state index in [0.29, 0.717) is 18.8 Å². The van der Waals surface area contributed by atoms with Gasteiger partial charge in [0.25, 0.3) is 0 Å². The number of pyridine rings is 1. The second-order valence-corrected chi connectivity index (χ2v) is 5.20. The first-order chi connectivity index (χ1) is 11.1. The zero-order valence-electron chi connectivity index (χ0n) is 12.5. The number of oxime groups is 1. The SMILES string of the molecule is Cc1ccncc1N1CCN(c2ccc(F)c(C=NO)c2)C1=O. The number of anilines is 2. The van der Waals surface area contributed by atoms with Crippen LogP contribution in [0.5, 0.6) is 0 Å². The standard InChI is InChI=1S/C16H15FN4O2/c1-11-4-5-18-10-15(11)21-7-6-20(16(21)22)13-2-3-14(17)12(8-13)9-19-23/h2-5,8-10,23H,6-7H2,1H3. The highest BCUT2D eigenvalue weighted by molar-refractivity contribution is 6.06. The third-order valence-corrected chi connectivity index (χ3v) is 3.80. The van der Waals surface area contributed by atoms with Crippen LogP contribution in [-0.2, 0) is 0 Å². The first kappa shape index (κ1) is 15.0. The normalized spacial score (nSPS) is 15.0. The van der Waals surface area contributed by atoms with Gasteiger partial charge >= 0.3 is 6.03 Å². The van der Waals surface area contributed by atoms with Gasteiger partial charge in [0.1, 0.15) is 5.82 Å². The summed E-state index contributed by atoms with van der Waals surface area (Å²) >= 11 is 0. The van der Waals surface area contributed by atoms with Crippen molar-refractivity contribution in [3.63, 3.8) is 0 Å². The van der Waals surface area contributed by atoms with Gasteiger partial charge in [-0.2, -0.15) is 0 Å². The Kier molecular flexibility index (Phi) is 3.92. The maximum Gasteiger partial charge on any atom is 0.329 e. The van der Waals surface area contributed by atoms with Gasteiger partial charge < -0.3 is 5.21 Å². The highest BCUT2D eigenvalue weighted by atomic mass is 19.1. The molecule has 1 fully saturated rings. The van der Waals surface area contributed by atoms with Gasteiger partial charge in [-0.3, -0.25) is 14.8 Å². The van der Waals surface area contributed by atoms with Crippen LogP contribution in [0.4, 0.5) is 20.6 Å². The van der Waals surface area contributed by atoms with Crippen molar-refractivity contribution in [3.05, 3.63) is 53.6 Å². The lowest BCUT2D eigenvalue weighted by Gasteiger charge is -2.20. The van der Waals surface area contributed by atoms with Crippen molar-refractivity contribution in [3.8, 4) is 0 Å². The molecule has 2 amide bonds. The molecular formula is C16H15FN4O2. The van der Waals surface area contributed by atoms with Crippen LogP contribution < -0.4 is 9.80 Å². The minimum atomic E-state index is -0.516. The van der Waals surface area contributed by atoms with Crippen molar-refractivity contribution in [1.29, 1.82) is 0 Å². The largest absolute Gasteiger partial charge is 0.411 e. The Morgan fingerprint density at radius 2 is 2.09 bits per heavy atom. The van der Waals surface area contributed by atoms with E-state index in [2.05, 4.69) is 10.1 Å². The van der Waals surface area contributed by atoms with E-state index in [-0.39, 0.29) is 11.6 Å². The smallest absolute Gasteiger partial charge is 0.329 e. The van der Waals surface area contributed by atoms with E-state index in [1.807, 2.05) is 13.0 Å². The van der Waals surface area contributed by atoms with Gasteiger partial charge in [0.2, 0.25) is 0 Å². The van der Waals surface area contributed by atoms with Crippen molar-refractivity contribution < 1.29 is 14.4 Å². The number of amides is 2. The van der Waals surface area contributed by atoms with Gasteiger partial charge in [-0.15, -0.1) is 0 Å². The number of urea groups is 1. The predicted octanol–water partition coefficient (Wildman–Crippen LogP) is 2.78. The molecule has 0 spiro atoms. The van der Waals surface area contributed by atoms with Gasteiger partial charge in [-0.1, -0.05) is 5.16 Å². The third kappa shape index (κ3) is 2.73. The van der Waals surface area contributed by atoms with E-state index in [4.69, 9.17) is 5.21 Å². The van der Waals surface area contributed by atoms with Crippen molar-refractivity contribution >= 4 is 23.6 Å². The highest BCUT2D eigenvalue weighted by Gasteiger charge is 2.31. The van der Waals surface area contributed by atoms with Gasteiger partial charge in [-0.25, -0.2) is 9.18 Å². The molecule has 1 aromatic heterocycles. The molecule has 0 saturated carbocycles. The Labute approximate surface area is 132 Å². The highest BCUT2D eigenvalue weighted by Crippen LogP contribution is 2.27. The molecule has 2 aromatic rings. The van der Waals surface area contributed by atoms with E-state index >= 15 is 0 Å². The molecule has 1 saturated heterocycles. The Balaban J connectivity index is 1.90. The minimum Gasteiger partial charge on any atom is -0.411 e. The van der Waals surface area contributed by atoms with Crippen LogP contribution in [0.3, 0.4) is 0 Å². The average Bonchev–Trinajstić information content (AvgIpc) is 2.92. The number of aryl methyl sites for hydroxylation is 1. The number of aromatic nitrogens is 1. The summed E-state index contributed by atoms with van der Waals surface area (Å²) in [6.07, 6.45) is 4.34. The molecule has 6 nitrogen and oxygen atoms in total. The molecular weight excluding hydrogens is 299 g/mol. The molecule has 2 heterocycles. The summed E-state index contributed by atoms with van der Waals surface area (Å²) in [4.78, 5) is 19.9. The second kappa shape index (κ2) is 6.04. The number of benzene rings is 1. The summed E-state index contributed by atoms with van der Waals surface area (Å²) in [7, 11) is 0. The summed E-state index contributed by atoms with van der Waals surface area (Å²) in [6.45, 7) is 2.92. The first-order valence-corrected chi connectivity index (χ1v) is 7.08. The average molecular weight is 314 g/mol. The van der Waals surface area contributed by atoms with Crippen LogP contribution in [0.15, 0.2) is 41.8 Å². The van der Waals surface area contributed by atoms with E-state index < -0.39 is 5.82 Å². The lowest BCUT2D eigenvalue weighted by atomic mass is 10.2. The van der Waals surface area contributed by atoms with Crippen LogP contribution >= 0.6 is 0 Å². The number of rotatable bonds is 3. The molecule has 23 heavy (non-hydrogen) atoms. The topological polar surface area (TPSA) is 69.0 Å². The number of hydrogen-bond acceptors (Lipinski definition) is 4. The van der Waals surface area contributed by atoms with Crippen LogP contribution in [0.25, 0.3) is 0 Å². The Hall–Kier alpha value is -2.96. The first-order valence-electron chi connectivity index (χ1n) is 7.08. The summed E-state index contributed by atoms with van der Waals surface area (Å²) in [5, 5.41) is 11.4. The minimum absolute atomic E-state index is 0.119. The van der Waals surface area contributed by atoms with E-state index in [9.17, 15) is 9.18 Å².